The van der Waals surface area contributed by atoms with E-state index in [2.05, 4.69) is 15.0 Å². The van der Waals surface area contributed by atoms with E-state index in [1.807, 2.05) is 0 Å². The van der Waals surface area contributed by atoms with Gasteiger partial charge >= 0.3 is 12.1 Å². The Morgan fingerprint density at radius 2 is 1.95 bits per heavy atom. The molecule has 114 valence electrons. The topological polar surface area (TPSA) is 71.2 Å². The molecule has 0 radical (unpaired) electrons. The highest BCUT2D eigenvalue weighted by atomic mass is 19.4. The number of azo groups is 1. The van der Waals surface area contributed by atoms with Crippen molar-refractivity contribution in [1.29, 1.82) is 0 Å². The average molecular weight is 302 g/mol. The van der Waals surface area contributed by atoms with E-state index in [0.29, 0.717) is 0 Å². The van der Waals surface area contributed by atoms with Gasteiger partial charge in [-0.3, -0.25) is 0 Å². The van der Waals surface area contributed by atoms with Crippen LogP contribution in [0.3, 0.4) is 0 Å². The van der Waals surface area contributed by atoms with E-state index in [1.165, 1.54) is 12.1 Å². The summed E-state index contributed by atoms with van der Waals surface area (Å²) in [5.74, 6) is -1.47. The molecule has 0 aliphatic carbocycles. The van der Waals surface area contributed by atoms with E-state index >= 15 is 0 Å². The quantitative estimate of drug-likeness (QED) is 0.393. The highest BCUT2D eigenvalue weighted by molar-refractivity contribution is 5.88. The van der Waals surface area contributed by atoms with Crippen molar-refractivity contribution in [2.75, 3.05) is 6.61 Å². The number of carbonyl (C=O) groups is 1. The first-order valence-electron chi connectivity index (χ1n) is 5.92. The highest BCUT2D eigenvalue weighted by Gasteiger charge is 2.33. The number of alkyl halides is 3. The lowest BCUT2D eigenvalue weighted by Gasteiger charge is -2.08. The molecule has 0 aliphatic heterocycles. The number of halogens is 3. The third-order valence-electron chi connectivity index (χ3n) is 2.28. The molecule has 0 fully saturated rings. The van der Waals surface area contributed by atoms with Gasteiger partial charge in [-0.1, -0.05) is 12.1 Å². The predicted octanol–water partition coefficient (Wildman–Crippen LogP) is 4.14. The summed E-state index contributed by atoms with van der Waals surface area (Å²) in [6.07, 6.45) is -4.60. The van der Waals surface area contributed by atoms with Crippen LogP contribution in [0.15, 0.2) is 46.0 Å². The van der Waals surface area contributed by atoms with Crippen molar-refractivity contribution in [3.63, 3.8) is 0 Å². The van der Waals surface area contributed by atoms with E-state index < -0.39 is 34.9 Å². The minimum absolute atomic E-state index is 0.0320. The number of nitrogens with zero attached hydrogens (tertiary/aromatic N) is 2. The van der Waals surface area contributed by atoms with Gasteiger partial charge in [-0.2, -0.15) is 13.2 Å². The molecule has 0 saturated heterocycles. The number of hydrogen-bond donors (Lipinski definition) is 1. The van der Waals surface area contributed by atoms with Gasteiger partial charge in [-0.25, -0.2) is 4.79 Å². The zero-order valence-corrected chi connectivity index (χ0v) is 11.3. The van der Waals surface area contributed by atoms with Gasteiger partial charge in [0.15, 0.2) is 0 Å². The zero-order valence-electron chi connectivity index (χ0n) is 11.3. The van der Waals surface area contributed by atoms with Crippen LogP contribution in [0.4, 0.5) is 18.9 Å². The van der Waals surface area contributed by atoms with Crippen LogP contribution in [0.25, 0.3) is 0 Å². The lowest BCUT2D eigenvalue weighted by atomic mass is 10.2. The summed E-state index contributed by atoms with van der Waals surface area (Å²) in [5.41, 5.74) is -2.01. The summed E-state index contributed by atoms with van der Waals surface area (Å²) in [5, 5.41) is 16.1. The Bertz CT molecular complexity index is 576. The Labute approximate surface area is 118 Å². The van der Waals surface area contributed by atoms with Gasteiger partial charge in [0, 0.05) is 0 Å². The molecule has 0 saturated carbocycles. The van der Waals surface area contributed by atoms with Gasteiger partial charge in [0.1, 0.15) is 5.76 Å². The average Bonchev–Trinajstić information content (AvgIpc) is 2.38. The Kier molecular flexibility index (Phi) is 5.45. The van der Waals surface area contributed by atoms with Gasteiger partial charge in [-0.15, -0.1) is 10.2 Å². The van der Waals surface area contributed by atoms with Gasteiger partial charge in [0.05, 0.1) is 17.9 Å². The van der Waals surface area contributed by atoms with Crippen LogP contribution >= 0.6 is 0 Å². The van der Waals surface area contributed by atoms with Crippen molar-refractivity contribution in [2.24, 2.45) is 10.2 Å². The summed E-state index contributed by atoms with van der Waals surface area (Å²) in [4.78, 5) is 11.5. The summed E-state index contributed by atoms with van der Waals surface area (Å²) in [6, 6.07) is 4.50. The molecule has 5 nitrogen and oxygen atoms in total. The standard InChI is InChI=1S/C13H13F3N2O3/c1-3-21-12(20)11(8(2)19)18-17-10-7-5-4-6-9(10)13(14,15)16/h4-7,19H,3H2,1-2H3/b11-8+,18-17?. The van der Waals surface area contributed by atoms with E-state index in [4.69, 9.17) is 0 Å². The van der Waals surface area contributed by atoms with E-state index in [-0.39, 0.29) is 6.61 Å². The fraction of sp³-hybridized carbons (Fsp3) is 0.308. The van der Waals surface area contributed by atoms with E-state index in [9.17, 15) is 23.1 Å². The summed E-state index contributed by atoms with van der Waals surface area (Å²) in [7, 11) is 0. The monoisotopic (exact) mass is 302 g/mol. The molecule has 0 unspecified atom stereocenters. The van der Waals surface area contributed by atoms with Crippen LogP contribution in [-0.2, 0) is 15.7 Å². The van der Waals surface area contributed by atoms with Gasteiger partial charge in [-0.05, 0) is 26.0 Å². The lowest BCUT2D eigenvalue weighted by molar-refractivity contribution is -0.139. The fourth-order valence-corrected chi connectivity index (χ4v) is 1.36. The molecule has 0 atom stereocenters. The molecule has 1 aromatic carbocycles. The molecule has 0 heterocycles. The molecule has 1 aromatic rings. The molecule has 0 aromatic heterocycles. The zero-order chi connectivity index (χ0) is 16.0. The molecule has 21 heavy (non-hydrogen) atoms. The summed E-state index contributed by atoms with van der Waals surface area (Å²) < 4.78 is 42.9. The SMILES string of the molecule is CCOC(=O)/C(N=Nc1ccccc1C(F)(F)F)=C(/C)O. The third-order valence-corrected chi connectivity index (χ3v) is 2.28. The number of esters is 1. The maximum atomic E-state index is 12.8. The number of hydrogen-bond acceptors (Lipinski definition) is 5. The molecular weight excluding hydrogens is 289 g/mol. The van der Waals surface area contributed by atoms with Crippen LogP contribution in [0, 0.1) is 0 Å². The van der Waals surface area contributed by atoms with Crippen molar-refractivity contribution in [3.8, 4) is 0 Å². The van der Waals surface area contributed by atoms with Crippen LogP contribution in [0.1, 0.15) is 19.4 Å². The number of allylic oxidation sites excluding steroid dienone is 1. The molecular formula is C13H13F3N2O3. The Morgan fingerprint density at radius 1 is 1.33 bits per heavy atom. The van der Waals surface area contributed by atoms with Gasteiger partial charge < -0.3 is 9.84 Å². The van der Waals surface area contributed by atoms with Crippen LogP contribution in [0.5, 0.6) is 0 Å². The minimum atomic E-state index is -4.60. The number of aliphatic hydroxyl groups excluding tert-OH is 1. The molecule has 8 heteroatoms. The van der Waals surface area contributed by atoms with E-state index in [1.54, 1.807) is 6.92 Å². The second kappa shape index (κ2) is 6.87. The van der Waals surface area contributed by atoms with Crippen LogP contribution in [0.2, 0.25) is 0 Å². The van der Waals surface area contributed by atoms with Gasteiger partial charge in [0.2, 0.25) is 5.70 Å². The molecule has 1 rings (SSSR count). The third kappa shape index (κ3) is 4.59. The Balaban J connectivity index is 3.15. The number of rotatable bonds is 4. The fourth-order valence-electron chi connectivity index (χ4n) is 1.36. The maximum Gasteiger partial charge on any atom is 0.418 e. The van der Waals surface area contributed by atoms with Crippen molar-refractivity contribution in [1.82, 2.24) is 0 Å². The lowest BCUT2D eigenvalue weighted by Crippen LogP contribution is -2.08. The van der Waals surface area contributed by atoms with Gasteiger partial charge in [0.25, 0.3) is 0 Å². The number of carbonyl (C=O) groups excluding carboxylic acids is 1. The van der Waals surface area contributed by atoms with Crippen molar-refractivity contribution in [2.45, 2.75) is 20.0 Å². The molecule has 0 spiro atoms. The highest BCUT2D eigenvalue weighted by Crippen LogP contribution is 2.36. The van der Waals surface area contributed by atoms with E-state index in [0.717, 1.165) is 19.1 Å². The second-order valence-electron chi connectivity index (χ2n) is 3.87. The smallest absolute Gasteiger partial charge is 0.418 e. The normalized spacial score (nSPS) is 13.2. The maximum absolute atomic E-state index is 12.8. The molecule has 1 N–H and O–H groups in total. The predicted molar refractivity (Wildman–Crippen MR) is 67.9 cm³/mol. The first-order valence-corrected chi connectivity index (χ1v) is 5.92. The second-order valence-corrected chi connectivity index (χ2v) is 3.87. The number of ether oxygens (including phenoxy) is 1. The summed E-state index contributed by atoms with van der Waals surface area (Å²) in [6.45, 7) is 2.73. The summed E-state index contributed by atoms with van der Waals surface area (Å²) >= 11 is 0. The Morgan fingerprint density at radius 3 is 2.48 bits per heavy atom. The number of benzene rings is 1. The van der Waals surface area contributed by atoms with Crippen LogP contribution in [-0.4, -0.2) is 17.7 Å². The first-order chi connectivity index (χ1) is 9.77. The largest absolute Gasteiger partial charge is 0.510 e. The van der Waals surface area contributed by atoms with Crippen molar-refractivity contribution < 1.29 is 27.8 Å². The first kappa shape index (κ1) is 16.7. The Hall–Kier alpha value is -2.38. The van der Waals surface area contributed by atoms with Crippen molar-refractivity contribution in [3.05, 3.63) is 41.3 Å². The molecule has 0 amide bonds. The molecule has 0 aliphatic rings. The molecule has 0 bridgehead atoms. The van der Waals surface area contributed by atoms with Crippen molar-refractivity contribution >= 4 is 11.7 Å². The van der Waals surface area contributed by atoms with Crippen LogP contribution < -0.4 is 0 Å². The number of aliphatic hydroxyl groups is 1. The minimum Gasteiger partial charge on any atom is -0.510 e.